The fourth-order valence-corrected chi connectivity index (χ4v) is 3.29. The van der Waals surface area contributed by atoms with Crippen LogP contribution in [0.3, 0.4) is 0 Å². The third kappa shape index (κ3) is 2.54. The highest BCUT2D eigenvalue weighted by atomic mass is 32.2. The van der Waals surface area contributed by atoms with Crippen LogP contribution in [-0.4, -0.2) is 30.0 Å². The summed E-state index contributed by atoms with van der Waals surface area (Å²) in [7, 11) is -3.01. The number of nitrogens with zero attached hydrogens (tertiary/aromatic N) is 2. The molecule has 0 aromatic carbocycles. The van der Waals surface area contributed by atoms with E-state index in [0.29, 0.717) is 13.1 Å². The highest BCUT2D eigenvalue weighted by Gasteiger charge is 2.25. The second-order valence-electron chi connectivity index (χ2n) is 3.71. The van der Waals surface area contributed by atoms with E-state index in [4.69, 9.17) is 0 Å². The second-order valence-corrected chi connectivity index (χ2v) is 5.80. The van der Waals surface area contributed by atoms with Gasteiger partial charge in [0.1, 0.15) is 0 Å². The molecule has 1 aromatic rings. The number of rotatable bonds is 2. The number of hydrogen-bond donors (Lipinski definition) is 0. The van der Waals surface area contributed by atoms with Crippen LogP contribution in [0.2, 0.25) is 0 Å². The van der Waals surface area contributed by atoms with Crippen LogP contribution in [0.5, 0.6) is 0 Å². The van der Waals surface area contributed by atoms with Crippen molar-refractivity contribution < 1.29 is 8.42 Å². The van der Waals surface area contributed by atoms with Crippen molar-refractivity contribution in [1.82, 2.24) is 9.29 Å². The van der Waals surface area contributed by atoms with Crippen molar-refractivity contribution in [2.24, 2.45) is 0 Å². The maximum Gasteiger partial charge on any atom is 0.214 e. The molecule has 82 valence electrons. The minimum atomic E-state index is -3.01. The molecular formula is C10H14N2O2S. The van der Waals surface area contributed by atoms with Gasteiger partial charge in [0.05, 0.1) is 5.75 Å². The van der Waals surface area contributed by atoms with Crippen molar-refractivity contribution in [3.8, 4) is 0 Å². The van der Waals surface area contributed by atoms with E-state index in [9.17, 15) is 8.42 Å². The van der Waals surface area contributed by atoms with Crippen LogP contribution < -0.4 is 0 Å². The fourth-order valence-electron chi connectivity index (χ4n) is 1.71. The summed E-state index contributed by atoms with van der Waals surface area (Å²) in [6.07, 6.45) is 5.12. The van der Waals surface area contributed by atoms with E-state index in [-0.39, 0.29) is 5.75 Å². The average Bonchev–Trinajstić information content (AvgIpc) is 2.23. The Kier molecular flexibility index (Phi) is 3.02. The third-order valence-electron chi connectivity index (χ3n) is 2.56. The summed E-state index contributed by atoms with van der Waals surface area (Å²) in [5, 5.41) is 0. The summed E-state index contributed by atoms with van der Waals surface area (Å²) in [5.41, 5.74) is 0.996. The molecule has 0 radical (unpaired) electrons. The maximum absolute atomic E-state index is 11.7. The van der Waals surface area contributed by atoms with Crippen LogP contribution >= 0.6 is 0 Å². The van der Waals surface area contributed by atoms with Crippen molar-refractivity contribution in [1.29, 1.82) is 0 Å². The molecule has 4 nitrogen and oxygen atoms in total. The number of pyridine rings is 1. The molecule has 15 heavy (non-hydrogen) atoms. The molecule has 2 rings (SSSR count). The largest absolute Gasteiger partial charge is 0.265 e. The van der Waals surface area contributed by atoms with Gasteiger partial charge in [0.15, 0.2) is 0 Å². The quantitative estimate of drug-likeness (QED) is 0.756. The predicted octanol–water partition coefficient (Wildman–Crippen LogP) is 1.01. The molecule has 0 bridgehead atoms. The maximum atomic E-state index is 11.7. The molecular weight excluding hydrogens is 212 g/mol. The summed E-state index contributed by atoms with van der Waals surface area (Å²) < 4.78 is 25.0. The Morgan fingerprint density at radius 3 is 2.67 bits per heavy atom. The van der Waals surface area contributed by atoms with Gasteiger partial charge in [0, 0.05) is 25.5 Å². The first-order valence-electron chi connectivity index (χ1n) is 5.05. The van der Waals surface area contributed by atoms with Crippen molar-refractivity contribution in [3.63, 3.8) is 0 Å². The molecule has 1 aliphatic heterocycles. The van der Waals surface area contributed by atoms with Crippen LogP contribution in [0.25, 0.3) is 0 Å². The molecule has 1 saturated heterocycles. The van der Waals surface area contributed by atoms with Gasteiger partial charge in [-0.05, 0) is 30.5 Å². The SMILES string of the molecule is O=S1(=O)CCCCN1Cc1ccncc1. The van der Waals surface area contributed by atoms with Crippen LogP contribution in [0, 0.1) is 0 Å². The average molecular weight is 226 g/mol. The van der Waals surface area contributed by atoms with E-state index >= 15 is 0 Å². The van der Waals surface area contributed by atoms with Gasteiger partial charge in [0.25, 0.3) is 0 Å². The molecule has 5 heteroatoms. The second kappa shape index (κ2) is 4.28. The van der Waals surface area contributed by atoms with E-state index in [1.54, 1.807) is 16.7 Å². The summed E-state index contributed by atoms with van der Waals surface area (Å²) in [6.45, 7) is 1.12. The first kappa shape index (κ1) is 10.6. The highest BCUT2D eigenvalue weighted by Crippen LogP contribution is 2.16. The molecule has 0 spiro atoms. The van der Waals surface area contributed by atoms with Crippen LogP contribution in [0.1, 0.15) is 18.4 Å². The van der Waals surface area contributed by atoms with E-state index in [1.807, 2.05) is 12.1 Å². The molecule has 0 N–H and O–H groups in total. The van der Waals surface area contributed by atoms with Crippen molar-refractivity contribution in [2.45, 2.75) is 19.4 Å². The Labute approximate surface area is 90.0 Å². The van der Waals surface area contributed by atoms with Gasteiger partial charge < -0.3 is 0 Å². The summed E-state index contributed by atoms with van der Waals surface area (Å²) in [5.74, 6) is 0.290. The lowest BCUT2D eigenvalue weighted by molar-refractivity contribution is 0.378. The molecule has 0 aliphatic carbocycles. The van der Waals surface area contributed by atoms with Gasteiger partial charge in [-0.1, -0.05) is 0 Å². The summed E-state index contributed by atoms with van der Waals surface area (Å²) >= 11 is 0. The van der Waals surface area contributed by atoms with Gasteiger partial charge in [-0.2, -0.15) is 4.31 Å². The Balaban J connectivity index is 2.12. The zero-order chi connectivity index (χ0) is 10.7. The number of aromatic nitrogens is 1. The monoisotopic (exact) mass is 226 g/mol. The van der Waals surface area contributed by atoms with Gasteiger partial charge in [-0.15, -0.1) is 0 Å². The first-order chi connectivity index (χ1) is 7.18. The smallest absolute Gasteiger partial charge is 0.214 e. The normalized spacial score (nSPS) is 21.3. The Bertz CT molecular complexity index is 416. The molecule has 0 amide bonds. The Morgan fingerprint density at radius 2 is 2.00 bits per heavy atom. The first-order valence-corrected chi connectivity index (χ1v) is 6.66. The van der Waals surface area contributed by atoms with Crippen LogP contribution in [0.4, 0.5) is 0 Å². The topological polar surface area (TPSA) is 50.3 Å². The van der Waals surface area contributed by atoms with E-state index in [2.05, 4.69) is 4.98 Å². The minimum Gasteiger partial charge on any atom is -0.265 e. The third-order valence-corrected chi connectivity index (χ3v) is 4.46. The van der Waals surface area contributed by atoms with Gasteiger partial charge >= 0.3 is 0 Å². The lowest BCUT2D eigenvalue weighted by Gasteiger charge is -2.26. The van der Waals surface area contributed by atoms with Crippen LogP contribution in [-0.2, 0) is 16.6 Å². The zero-order valence-corrected chi connectivity index (χ0v) is 9.28. The summed E-state index contributed by atoms with van der Waals surface area (Å²) in [6, 6.07) is 3.70. The standard InChI is InChI=1S/C10H14N2O2S/c13-15(14)8-2-1-7-12(15)9-10-3-5-11-6-4-10/h3-6H,1-2,7-9H2. The van der Waals surface area contributed by atoms with E-state index < -0.39 is 10.0 Å². The van der Waals surface area contributed by atoms with Crippen molar-refractivity contribution in [2.75, 3.05) is 12.3 Å². The van der Waals surface area contributed by atoms with Crippen LogP contribution in [0.15, 0.2) is 24.5 Å². The molecule has 0 unspecified atom stereocenters. The molecule has 1 aromatic heterocycles. The van der Waals surface area contributed by atoms with Gasteiger partial charge in [0.2, 0.25) is 10.0 Å². The lowest BCUT2D eigenvalue weighted by atomic mass is 10.2. The number of sulfonamides is 1. The zero-order valence-electron chi connectivity index (χ0n) is 8.46. The number of hydrogen-bond acceptors (Lipinski definition) is 3. The highest BCUT2D eigenvalue weighted by molar-refractivity contribution is 7.89. The van der Waals surface area contributed by atoms with Crippen molar-refractivity contribution >= 4 is 10.0 Å². The fraction of sp³-hybridized carbons (Fsp3) is 0.500. The molecule has 1 fully saturated rings. The van der Waals surface area contributed by atoms with Crippen molar-refractivity contribution in [3.05, 3.63) is 30.1 Å². The predicted molar refractivity (Wildman–Crippen MR) is 57.7 cm³/mol. The summed E-state index contributed by atoms with van der Waals surface area (Å²) in [4.78, 5) is 3.91. The van der Waals surface area contributed by atoms with Gasteiger partial charge in [-0.3, -0.25) is 4.98 Å². The van der Waals surface area contributed by atoms with E-state index in [1.165, 1.54) is 0 Å². The molecule has 2 heterocycles. The van der Waals surface area contributed by atoms with E-state index in [0.717, 1.165) is 18.4 Å². The Morgan fingerprint density at radius 1 is 1.27 bits per heavy atom. The molecule has 1 aliphatic rings. The van der Waals surface area contributed by atoms with Gasteiger partial charge in [-0.25, -0.2) is 8.42 Å². The Hall–Kier alpha value is -0.940. The minimum absolute atomic E-state index is 0.290. The molecule has 0 atom stereocenters. The lowest BCUT2D eigenvalue weighted by Crippen LogP contribution is -2.37. The molecule has 0 saturated carbocycles.